The van der Waals surface area contributed by atoms with Crippen molar-refractivity contribution in [2.75, 3.05) is 7.05 Å². The Hall–Kier alpha value is -0.580. The van der Waals surface area contributed by atoms with E-state index in [0.29, 0.717) is 11.9 Å². The van der Waals surface area contributed by atoms with Crippen LogP contribution in [0.1, 0.15) is 25.6 Å². The number of aromatic nitrogens is 2. The third-order valence-electron chi connectivity index (χ3n) is 4.17. The highest BCUT2D eigenvalue weighted by Crippen LogP contribution is 2.28. The first-order chi connectivity index (χ1) is 9.60. The zero-order valence-electron chi connectivity index (χ0n) is 11.8. The van der Waals surface area contributed by atoms with Crippen molar-refractivity contribution in [2.24, 2.45) is 0 Å². The van der Waals surface area contributed by atoms with Crippen molar-refractivity contribution in [2.45, 2.75) is 44.3 Å². The van der Waals surface area contributed by atoms with E-state index in [2.05, 4.69) is 50.4 Å². The van der Waals surface area contributed by atoms with Crippen LogP contribution < -0.4 is 0 Å². The number of hydrogen-bond donors (Lipinski definition) is 0. The van der Waals surface area contributed by atoms with Gasteiger partial charge in [0.05, 0.1) is 16.9 Å². The molecule has 1 heterocycles. The van der Waals surface area contributed by atoms with E-state index >= 15 is 0 Å². The van der Waals surface area contributed by atoms with Gasteiger partial charge < -0.3 is 4.57 Å². The summed E-state index contributed by atoms with van der Waals surface area (Å²) in [7, 11) is 2.22. The van der Waals surface area contributed by atoms with Crippen LogP contribution in [-0.4, -0.2) is 33.6 Å². The number of rotatable bonds is 5. The molecule has 1 saturated carbocycles. The maximum absolute atomic E-state index is 6.07. The minimum absolute atomic E-state index is 0.451. The Labute approximate surface area is 133 Å². The van der Waals surface area contributed by atoms with Crippen molar-refractivity contribution in [3.8, 4) is 0 Å². The van der Waals surface area contributed by atoms with Crippen LogP contribution in [-0.2, 0) is 12.4 Å². The van der Waals surface area contributed by atoms with E-state index in [1.807, 2.05) is 12.1 Å². The highest BCUT2D eigenvalue weighted by Gasteiger charge is 2.29. The summed E-state index contributed by atoms with van der Waals surface area (Å²) in [6, 6.07) is 7.45. The molecular weight excluding hydrogens is 338 g/mol. The van der Waals surface area contributed by atoms with E-state index in [0.717, 1.165) is 33.9 Å². The van der Waals surface area contributed by atoms with Gasteiger partial charge in [-0.2, -0.15) is 0 Å². The van der Waals surface area contributed by atoms with E-state index in [1.165, 1.54) is 12.8 Å². The van der Waals surface area contributed by atoms with Crippen LogP contribution in [0.2, 0.25) is 0 Å². The van der Waals surface area contributed by atoms with Gasteiger partial charge in [-0.25, -0.2) is 4.98 Å². The molecule has 0 radical (unpaired) electrons. The van der Waals surface area contributed by atoms with Crippen molar-refractivity contribution in [1.29, 1.82) is 0 Å². The minimum atomic E-state index is 0.451. The molecule has 0 aliphatic heterocycles. The number of alkyl halides is 1. The Bertz CT molecular complexity index is 621. The number of hydrogen-bond acceptors (Lipinski definition) is 2. The zero-order chi connectivity index (χ0) is 14.3. The van der Waals surface area contributed by atoms with Crippen molar-refractivity contribution < 1.29 is 0 Å². The van der Waals surface area contributed by atoms with Crippen molar-refractivity contribution in [3.05, 3.63) is 28.5 Å². The van der Waals surface area contributed by atoms with Gasteiger partial charge in [0.15, 0.2) is 0 Å². The molecule has 2 aromatic rings. The highest BCUT2D eigenvalue weighted by molar-refractivity contribution is 9.10. The molecule has 0 bridgehead atoms. The van der Waals surface area contributed by atoms with Crippen LogP contribution in [0.4, 0.5) is 0 Å². The number of likely N-dealkylation sites (N-methyl/N-ethyl adjacent to an activating group) is 1. The molecule has 1 fully saturated rings. The lowest BCUT2D eigenvalue weighted by Crippen LogP contribution is -2.34. The molecule has 0 saturated heterocycles. The molecule has 3 nitrogen and oxygen atoms in total. The molecule has 0 N–H and O–H groups in total. The molecule has 5 heteroatoms. The molecule has 1 aliphatic rings. The largest absolute Gasteiger partial charge is 0.325 e. The summed E-state index contributed by atoms with van der Waals surface area (Å²) in [5.74, 6) is 1.41. The predicted octanol–water partition coefficient (Wildman–Crippen LogP) is 4.02. The van der Waals surface area contributed by atoms with Gasteiger partial charge in [0.2, 0.25) is 0 Å². The van der Waals surface area contributed by atoms with Gasteiger partial charge in [0.25, 0.3) is 0 Å². The summed E-state index contributed by atoms with van der Waals surface area (Å²) in [5.41, 5.74) is 2.18. The summed E-state index contributed by atoms with van der Waals surface area (Å²) in [4.78, 5) is 7.11. The van der Waals surface area contributed by atoms with Gasteiger partial charge in [-0.15, -0.1) is 11.6 Å². The first kappa shape index (κ1) is 14.4. The molecule has 3 rings (SSSR count). The molecule has 0 spiro atoms. The third kappa shape index (κ3) is 2.74. The number of nitrogens with zero attached hydrogens (tertiary/aromatic N) is 3. The number of benzene rings is 1. The minimum Gasteiger partial charge on any atom is -0.325 e. The second-order valence-electron chi connectivity index (χ2n) is 5.65. The lowest BCUT2D eigenvalue weighted by atomic mass is 10.2. The fraction of sp³-hybridized carbons (Fsp3) is 0.533. The van der Waals surface area contributed by atoms with Crippen LogP contribution in [0.5, 0.6) is 0 Å². The molecular formula is C15H19BrClN3. The molecule has 1 aromatic carbocycles. The summed E-state index contributed by atoms with van der Waals surface area (Å²) in [6.45, 7) is 3.21. The average Bonchev–Trinajstić information content (AvgIpc) is 3.22. The monoisotopic (exact) mass is 355 g/mol. The van der Waals surface area contributed by atoms with Crippen LogP contribution in [0.15, 0.2) is 22.7 Å². The van der Waals surface area contributed by atoms with E-state index in [1.54, 1.807) is 0 Å². The van der Waals surface area contributed by atoms with Gasteiger partial charge in [0, 0.05) is 23.1 Å². The fourth-order valence-corrected chi connectivity index (χ4v) is 3.24. The Morgan fingerprint density at radius 2 is 2.25 bits per heavy atom. The predicted molar refractivity (Wildman–Crippen MR) is 87.2 cm³/mol. The summed E-state index contributed by atoms with van der Waals surface area (Å²) in [5, 5.41) is 0. The Kier molecular flexibility index (Phi) is 4.07. The molecule has 0 amide bonds. The Balaban J connectivity index is 1.93. The molecule has 108 valence electrons. The maximum Gasteiger partial charge on any atom is 0.124 e. The molecule has 1 unspecified atom stereocenters. The second-order valence-corrected chi connectivity index (χ2v) is 6.83. The lowest BCUT2D eigenvalue weighted by molar-refractivity contribution is 0.226. The topological polar surface area (TPSA) is 21.1 Å². The van der Waals surface area contributed by atoms with Gasteiger partial charge >= 0.3 is 0 Å². The van der Waals surface area contributed by atoms with Crippen molar-refractivity contribution in [1.82, 2.24) is 14.5 Å². The van der Waals surface area contributed by atoms with Gasteiger partial charge in [-0.1, -0.05) is 15.9 Å². The van der Waals surface area contributed by atoms with Crippen molar-refractivity contribution in [3.63, 3.8) is 0 Å². The third-order valence-corrected chi connectivity index (χ3v) is 4.91. The molecule has 1 aliphatic carbocycles. The Morgan fingerprint density at radius 3 is 2.90 bits per heavy atom. The fourth-order valence-electron chi connectivity index (χ4n) is 2.69. The van der Waals surface area contributed by atoms with E-state index in [4.69, 9.17) is 11.6 Å². The quantitative estimate of drug-likeness (QED) is 0.754. The maximum atomic E-state index is 6.07. The Morgan fingerprint density at radius 1 is 1.50 bits per heavy atom. The first-order valence-corrected chi connectivity index (χ1v) is 8.35. The number of fused-ring (bicyclic) bond motifs is 1. The van der Waals surface area contributed by atoms with E-state index in [-0.39, 0.29) is 0 Å². The van der Waals surface area contributed by atoms with Crippen LogP contribution in [0, 0.1) is 0 Å². The number of imidazole rings is 1. The molecule has 1 aromatic heterocycles. The van der Waals surface area contributed by atoms with Crippen LogP contribution in [0.25, 0.3) is 11.0 Å². The van der Waals surface area contributed by atoms with Gasteiger partial charge in [0.1, 0.15) is 5.82 Å². The zero-order valence-corrected chi connectivity index (χ0v) is 14.2. The summed E-state index contributed by atoms with van der Waals surface area (Å²) >= 11 is 9.61. The average molecular weight is 357 g/mol. The second kappa shape index (κ2) is 5.66. The normalized spacial score (nSPS) is 17.1. The standard InChI is InChI=1S/C15H19BrClN3/c1-10(19(2)12-4-5-12)9-20-14-7-11(16)3-6-13(14)18-15(20)8-17/h3,6-7,10,12H,4-5,8-9H2,1-2H3. The number of halogens is 2. The smallest absolute Gasteiger partial charge is 0.124 e. The molecule has 1 atom stereocenters. The SMILES string of the molecule is CC(Cn1c(CCl)nc2ccc(Br)cc21)N(C)C1CC1. The van der Waals surface area contributed by atoms with Crippen molar-refractivity contribution >= 4 is 38.6 Å². The lowest BCUT2D eigenvalue weighted by Gasteiger charge is -2.25. The summed E-state index contributed by atoms with van der Waals surface area (Å²) in [6.07, 6.45) is 2.67. The molecule has 20 heavy (non-hydrogen) atoms. The van der Waals surface area contributed by atoms with Gasteiger partial charge in [-0.05, 0) is 45.0 Å². The first-order valence-electron chi connectivity index (χ1n) is 7.02. The highest BCUT2D eigenvalue weighted by atomic mass is 79.9. The van der Waals surface area contributed by atoms with E-state index < -0.39 is 0 Å². The van der Waals surface area contributed by atoms with Gasteiger partial charge in [-0.3, -0.25) is 4.90 Å². The van der Waals surface area contributed by atoms with Crippen LogP contribution >= 0.6 is 27.5 Å². The summed E-state index contributed by atoms with van der Waals surface area (Å²) < 4.78 is 3.34. The van der Waals surface area contributed by atoms with Crippen LogP contribution in [0.3, 0.4) is 0 Å². The van der Waals surface area contributed by atoms with E-state index in [9.17, 15) is 0 Å².